The van der Waals surface area contributed by atoms with Crippen LogP contribution in [0.25, 0.3) is 0 Å². The molecule has 1 fully saturated rings. The van der Waals surface area contributed by atoms with Gasteiger partial charge in [0.05, 0.1) is 24.6 Å². The molecule has 1 aliphatic rings. The largest absolute Gasteiger partial charge is 0.465 e. The average Bonchev–Trinajstić information content (AvgIpc) is 2.40. The number of hydrogen-bond donors (Lipinski definition) is 2. The van der Waals surface area contributed by atoms with Crippen molar-refractivity contribution in [3.63, 3.8) is 0 Å². The summed E-state index contributed by atoms with van der Waals surface area (Å²) < 4.78 is 10.0. The number of rotatable bonds is 3. The second-order valence-corrected chi connectivity index (χ2v) is 4.95. The second-order valence-electron chi connectivity index (χ2n) is 4.95. The quantitative estimate of drug-likeness (QED) is 0.804. The molecule has 3 N–H and O–H groups in total. The molecule has 0 bridgehead atoms. The monoisotopic (exact) mass is 265 g/mol. The zero-order chi connectivity index (χ0) is 13.9. The standard InChI is InChI=1S/C13H19N3O3/c1-13(3-5-19-6-4-13)16-11-7-9(12(17)18-2)10(14)8-15-11/h7-8H,3-6,14H2,1-2H3,(H,15,16). The summed E-state index contributed by atoms with van der Waals surface area (Å²) in [6.07, 6.45) is 3.26. The van der Waals surface area contributed by atoms with Crippen molar-refractivity contribution in [2.24, 2.45) is 0 Å². The summed E-state index contributed by atoms with van der Waals surface area (Å²) >= 11 is 0. The molecule has 1 aromatic heterocycles. The van der Waals surface area contributed by atoms with E-state index in [0.717, 1.165) is 26.1 Å². The zero-order valence-corrected chi connectivity index (χ0v) is 11.2. The van der Waals surface area contributed by atoms with Crippen LogP contribution in [0.5, 0.6) is 0 Å². The van der Waals surface area contributed by atoms with Crippen LogP contribution in [0.3, 0.4) is 0 Å². The Bertz CT molecular complexity index is 470. The SMILES string of the molecule is COC(=O)c1cc(NC2(C)CCOCC2)ncc1N. The minimum atomic E-state index is -0.458. The minimum Gasteiger partial charge on any atom is -0.465 e. The van der Waals surface area contributed by atoms with E-state index in [0.29, 0.717) is 17.1 Å². The Morgan fingerprint density at radius 3 is 2.84 bits per heavy atom. The van der Waals surface area contributed by atoms with Gasteiger partial charge >= 0.3 is 5.97 Å². The number of nitrogens with two attached hydrogens (primary N) is 1. The highest BCUT2D eigenvalue weighted by Crippen LogP contribution is 2.26. The Balaban J connectivity index is 2.19. The average molecular weight is 265 g/mol. The van der Waals surface area contributed by atoms with Gasteiger partial charge in [-0.05, 0) is 25.8 Å². The smallest absolute Gasteiger partial charge is 0.340 e. The number of carbonyl (C=O) groups excluding carboxylic acids is 1. The predicted octanol–water partition coefficient (Wildman–Crippen LogP) is 1.43. The lowest BCUT2D eigenvalue weighted by atomic mass is 9.92. The third-order valence-corrected chi connectivity index (χ3v) is 3.37. The van der Waals surface area contributed by atoms with Gasteiger partial charge in [-0.2, -0.15) is 0 Å². The van der Waals surface area contributed by atoms with Crippen LogP contribution in [0.1, 0.15) is 30.1 Å². The maximum atomic E-state index is 11.6. The van der Waals surface area contributed by atoms with Crippen molar-refractivity contribution >= 4 is 17.5 Å². The molecular formula is C13H19N3O3. The summed E-state index contributed by atoms with van der Waals surface area (Å²) in [7, 11) is 1.33. The maximum absolute atomic E-state index is 11.6. The van der Waals surface area contributed by atoms with Gasteiger partial charge in [-0.1, -0.05) is 0 Å². The first-order valence-corrected chi connectivity index (χ1v) is 6.24. The number of nitrogens with one attached hydrogen (secondary N) is 1. The number of pyridine rings is 1. The third kappa shape index (κ3) is 3.14. The van der Waals surface area contributed by atoms with Crippen molar-refractivity contribution in [3.05, 3.63) is 17.8 Å². The van der Waals surface area contributed by atoms with Crippen LogP contribution in [-0.2, 0) is 9.47 Å². The molecule has 0 spiro atoms. The first kappa shape index (κ1) is 13.6. The van der Waals surface area contributed by atoms with Crippen LogP contribution in [0.2, 0.25) is 0 Å². The number of aromatic nitrogens is 1. The molecule has 1 aromatic rings. The topological polar surface area (TPSA) is 86.5 Å². The fraction of sp³-hybridized carbons (Fsp3) is 0.538. The molecule has 1 aliphatic heterocycles. The molecule has 0 aliphatic carbocycles. The van der Waals surface area contributed by atoms with Crippen molar-refractivity contribution in [3.8, 4) is 0 Å². The second kappa shape index (κ2) is 5.44. The molecule has 0 atom stereocenters. The van der Waals surface area contributed by atoms with E-state index in [2.05, 4.69) is 17.2 Å². The van der Waals surface area contributed by atoms with Crippen molar-refractivity contribution < 1.29 is 14.3 Å². The number of carbonyl (C=O) groups is 1. The van der Waals surface area contributed by atoms with Crippen LogP contribution in [-0.4, -0.2) is 36.8 Å². The summed E-state index contributed by atoms with van der Waals surface area (Å²) in [5, 5.41) is 3.35. The summed E-state index contributed by atoms with van der Waals surface area (Å²) in [6.45, 7) is 3.57. The molecule has 104 valence electrons. The molecule has 2 heterocycles. The van der Waals surface area contributed by atoms with Crippen LogP contribution >= 0.6 is 0 Å². The van der Waals surface area contributed by atoms with E-state index in [1.807, 2.05) is 0 Å². The molecular weight excluding hydrogens is 246 g/mol. The van der Waals surface area contributed by atoms with Crippen molar-refractivity contribution in [2.45, 2.75) is 25.3 Å². The van der Waals surface area contributed by atoms with E-state index in [1.165, 1.54) is 13.3 Å². The fourth-order valence-corrected chi connectivity index (χ4v) is 2.08. The first-order valence-electron chi connectivity index (χ1n) is 6.24. The molecule has 6 heteroatoms. The Morgan fingerprint density at radius 2 is 2.21 bits per heavy atom. The Hall–Kier alpha value is -1.82. The van der Waals surface area contributed by atoms with Crippen LogP contribution in [0, 0.1) is 0 Å². The summed E-state index contributed by atoms with van der Waals surface area (Å²) in [5.74, 6) is 0.166. The molecule has 6 nitrogen and oxygen atoms in total. The number of hydrogen-bond acceptors (Lipinski definition) is 6. The molecule has 0 radical (unpaired) electrons. The highest BCUT2D eigenvalue weighted by Gasteiger charge is 2.27. The van der Waals surface area contributed by atoms with E-state index >= 15 is 0 Å². The molecule has 0 unspecified atom stereocenters. The molecule has 1 saturated heterocycles. The maximum Gasteiger partial charge on any atom is 0.340 e. The Kier molecular flexibility index (Phi) is 3.90. The Morgan fingerprint density at radius 1 is 1.53 bits per heavy atom. The van der Waals surface area contributed by atoms with E-state index in [9.17, 15) is 4.79 Å². The molecule has 2 rings (SSSR count). The van der Waals surface area contributed by atoms with Gasteiger partial charge in [0.2, 0.25) is 0 Å². The van der Waals surface area contributed by atoms with Gasteiger partial charge in [0.1, 0.15) is 5.82 Å². The van der Waals surface area contributed by atoms with Crippen molar-refractivity contribution in [1.29, 1.82) is 0 Å². The first-order chi connectivity index (χ1) is 9.04. The summed E-state index contributed by atoms with van der Waals surface area (Å²) in [5.41, 5.74) is 6.29. The number of ether oxygens (including phenoxy) is 2. The van der Waals surface area contributed by atoms with Crippen molar-refractivity contribution in [1.82, 2.24) is 4.98 Å². The number of nitrogens with zero attached hydrogens (tertiary/aromatic N) is 1. The predicted molar refractivity (Wildman–Crippen MR) is 72.1 cm³/mol. The number of methoxy groups -OCH3 is 1. The normalized spacial score (nSPS) is 17.8. The highest BCUT2D eigenvalue weighted by molar-refractivity contribution is 5.95. The van der Waals surface area contributed by atoms with E-state index in [4.69, 9.17) is 15.2 Å². The lowest BCUT2D eigenvalue weighted by Gasteiger charge is -2.35. The zero-order valence-electron chi connectivity index (χ0n) is 11.2. The lowest BCUT2D eigenvalue weighted by Crippen LogP contribution is -2.40. The molecule has 19 heavy (non-hydrogen) atoms. The van der Waals surface area contributed by atoms with Gasteiger partial charge in [0.25, 0.3) is 0 Å². The van der Waals surface area contributed by atoms with Gasteiger partial charge in [0, 0.05) is 18.8 Å². The van der Waals surface area contributed by atoms with E-state index in [-0.39, 0.29) is 5.54 Å². The van der Waals surface area contributed by atoms with Crippen LogP contribution in [0.15, 0.2) is 12.3 Å². The van der Waals surface area contributed by atoms with Gasteiger partial charge in [-0.25, -0.2) is 9.78 Å². The van der Waals surface area contributed by atoms with Gasteiger partial charge in [-0.3, -0.25) is 0 Å². The number of nitrogen functional groups attached to an aromatic ring is 1. The number of anilines is 2. The van der Waals surface area contributed by atoms with Crippen LogP contribution < -0.4 is 11.1 Å². The van der Waals surface area contributed by atoms with Gasteiger partial charge < -0.3 is 20.5 Å². The number of esters is 1. The van der Waals surface area contributed by atoms with E-state index in [1.54, 1.807) is 6.07 Å². The fourth-order valence-electron chi connectivity index (χ4n) is 2.08. The summed E-state index contributed by atoms with van der Waals surface area (Å²) in [6, 6.07) is 1.63. The van der Waals surface area contributed by atoms with Crippen LogP contribution in [0.4, 0.5) is 11.5 Å². The highest BCUT2D eigenvalue weighted by atomic mass is 16.5. The molecule has 0 aromatic carbocycles. The Labute approximate surface area is 112 Å². The molecule has 0 saturated carbocycles. The molecule has 0 amide bonds. The third-order valence-electron chi connectivity index (χ3n) is 3.37. The van der Waals surface area contributed by atoms with Gasteiger partial charge in [-0.15, -0.1) is 0 Å². The van der Waals surface area contributed by atoms with Gasteiger partial charge in [0.15, 0.2) is 0 Å². The minimum absolute atomic E-state index is 0.0746. The van der Waals surface area contributed by atoms with Crippen molar-refractivity contribution in [2.75, 3.05) is 31.4 Å². The van der Waals surface area contributed by atoms with E-state index < -0.39 is 5.97 Å². The lowest BCUT2D eigenvalue weighted by molar-refractivity contribution is 0.0600. The summed E-state index contributed by atoms with van der Waals surface area (Å²) in [4.78, 5) is 15.8.